The van der Waals surface area contributed by atoms with Gasteiger partial charge in [0.1, 0.15) is 12.9 Å². The van der Waals surface area contributed by atoms with Crippen molar-refractivity contribution in [3.05, 3.63) is 29.1 Å². The Morgan fingerprint density at radius 3 is 2.59 bits per heavy atom. The lowest BCUT2D eigenvalue weighted by atomic mass is 9.67. The zero-order valence-corrected chi connectivity index (χ0v) is 18.3. The lowest BCUT2D eigenvalue weighted by Crippen LogP contribution is -2.49. The number of esters is 1. The van der Waals surface area contributed by atoms with Gasteiger partial charge in [0.25, 0.3) is 0 Å². The summed E-state index contributed by atoms with van der Waals surface area (Å²) in [4.78, 5) is 26.8. The fourth-order valence-electron chi connectivity index (χ4n) is 4.94. The number of carbonyl (C=O) groups is 2. The van der Waals surface area contributed by atoms with Gasteiger partial charge < -0.3 is 15.0 Å². The van der Waals surface area contributed by atoms with Crippen LogP contribution in [0, 0.1) is 5.41 Å². The molecule has 170 valence electrons. The van der Waals surface area contributed by atoms with E-state index in [2.05, 4.69) is 38.6 Å². The number of hydrazone groups is 1. The van der Waals surface area contributed by atoms with E-state index in [0.29, 0.717) is 24.5 Å². The van der Waals surface area contributed by atoms with E-state index in [1.807, 2.05) is 12.1 Å². The minimum absolute atomic E-state index is 0.0615. The molecular formula is C21H28N8O3. The maximum Gasteiger partial charge on any atom is 0.336 e. The molecule has 4 aliphatic rings. The topological polar surface area (TPSA) is 124 Å². The number of rotatable bonds is 5. The highest BCUT2D eigenvalue weighted by atomic mass is 16.5. The van der Waals surface area contributed by atoms with E-state index in [9.17, 15) is 9.59 Å². The molecule has 0 atom stereocenters. The predicted molar refractivity (Wildman–Crippen MR) is 115 cm³/mol. The molecule has 3 aliphatic heterocycles. The summed E-state index contributed by atoms with van der Waals surface area (Å²) in [6, 6.07) is 3.82. The molecule has 32 heavy (non-hydrogen) atoms. The molecule has 1 aromatic rings. The lowest BCUT2D eigenvalue weighted by Gasteiger charge is -2.42. The van der Waals surface area contributed by atoms with E-state index in [1.54, 1.807) is 23.2 Å². The number of aromatic nitrogens is 2. The Morgan fingerprint density at radius 1 is 1.16 bits per heavy atom. The minimum Gasteiger partial charge on any atom is -0.456 e. The van der Waals surface area contributed by atoms with E-state index in [4.69, 9.17) is 4.74 Å². The van der Waals surface area contributed by atoms with Gasteiger partial charge in [0.05, 0.1) is 22.4 Å². The van der Waals surface area contributed by atoms with Crippen molar-refractivity contribution in [2.75, 3.05) is 18.2 Å². The Morgan fingerprint density at radius 2 is 1.97 bits per heavy atom. The summed E-state index contributed by atoms with van der Waals surface area (Å²) in [6.45, 7) is 5.45. The van der Waals surface area contributed by atoms with Crippen molar-refractivity contribution in [2.24, 2.45) is 10.5 Å². The quantitative estimate of drug-likeness (QED) is 0.568. The van der Waals surface area contributed by atoms with Crippen molar-refractivity contribution in [1.29, 1.82) is 0 Å². The molecule has 1 saturated heterocycles. The van der Waals surface area contributed by atoms with Crippen LogP contribution in [0.4, 0.5) is 5.82 Å². The number of nitrogens with zero attached hydrogens (tertiary/aromatic N) is 5. The number of cyclic esters (lactones) is 1. The zero-order chi connectivity index (χ0) is 22.3. The van der Waals surface area contributed by atoms with E-state index in [0.717, 1.165) is 43.5 Å². The standard InChI is InChI=1S/C21H28N8O3/c1-14-16(12-32-18(14)30)28-10-9-21(19(28)31)7-5-20(2,6-8-21)22-11-15-3-4-17(25-24-15)29-13-23-26-27-29/h3-4,13,22,26-27H,5-12H2,1-2H3/t20-,21-. The number of carbonyl (C=O) groups excluding carboxylic acids is 2. The molecule has 11 heteroatoms. The summed E-state index contributed by atoms with van der Waals surface area (Å²) >= 11 is 0. The van der Waals surface area contributed by atoms with Crippen molar-refractivity contribution in [3.8, 4) is 0 Å². The second kappa shape index (κ2) is 7.82. The van der Waals surface area contributed by atoms with Crippen LogP contribution < -0.4 is 21.4 Å². The first-order valence-corrected chi connectivity index (χ1v) is 11.0. The Labute approximate surface area is 186 Å². The summed E-state index contributed by atoms with van der Waals surface area (Å²) in [5.74, 6) is 0.492. The monoisotopic (exact) mass is 440 g/mol. The van der Waals surface area contributed by atoms with Crippen molar-refractivity contribution in [1.82, 2.24) is 31.5 Å². The zero-order valence-electron chi connectivity index (χ0n) is 18.3. The van der Waals surface area contributed by atoms with Crippen LogP contribution >= 0.6 is 0 Å². The fraction of sp³-hybridized carbons (Fsp3) is 0.571. The number of hydrogen-bond donors (Lipinski definition) is 3. The summed E-state index contributed by atoms with van der Waals surface area (Å²) in [6.07, 6.45) is 5.91. The highest BCUT2D eigenvalue weighted by Crippen LogP contribution is 2.48. The average molecular weight is 441 g/mol. The fourth-order valence-corrected chi connectivity index (χ4v) is 4.94. The van der Waals surface area contributed by atoms with E-state index in [-0.39, 0.29) is 29.4 Å². The molecule has 0 radical (unpaired) electrons. The SMILES string of the molecule is CC1=C(N2CC[C@]3(CC[C@@](C)(NCc4ccc(N5C=NNN5)nn4)CC3)C2=O)COC1=O. The first-order valence-electron chi connectivity index (χ1n) is 11.0. The third-order valence-electron chi connectivity index (χ3n) is 7.29. The van der Waals surface area contributed by atoms with Gasteiger partial charge in [-0.2, -0.15) is 10.2 Å². The molecule has 3 N–H and O–H groups in total. The van der Waals surface area contributed by atoms with Gasteiger partial charge in [0, 0.05) is 18.6 Å². The normalized spacial score (nSPS) is 29.9. The number of nitrogens with one attached hydrogen (secondary N) is 3. The van der Waals surface area contributed by atoms with Crippen molar-refractivity contribution < 1.29 is 14.3 Å². The molecule has 1 saturated carbocycles. The summed E-state index contributed by atoms with van der Waals surface area (Å²) in [5, 5.41) is 17.6. The second-order valence-electron chi connectivity index (χ2n) is 9.27. The molecule has 1 spiro atoms. The van der Waals surface area contributed by atoms with Gasteiger partial charge in [-0.05, 0) is 58.1 Å². The molecule has 1 amide bonds. The molecular weight excluding hydrogens is 412 g/mol. The van der Waals surface area contributed by atoms with Gasteiger partial charge >= 0.3 is 5.97 Å². The van der Waals surface area contributed by atoms with Crippen LogP contribution in [0.5, 0.6) is 0 Å². The molecule has 0 unspecified atom stereocenters. The third-order valence-corrected chi connectivity index (χ3v) is 7.29. The van der Waals surface area contributed by atoms with Gasteiger partial charge in [-0.15, -0.1) is 10.6 Å². The Bertz CT molecular complexity index is 981. The highest BCUT2D eigenvalue weighted by Gasteiger charge is 2.52. The summed E-state index contributed by atoms with van der Waals surface area (Å²) in [7, 11) is 0. The molecule has 2 fully saturated rings. The number of likely N-dealkylation sites (tertiary alicyclic amines) is 1. The first kappa shape index (κ1) is 20.8. The first-order chi connectivity index (χ1) is 15.4. The largest absolute Gasteiger partial charge is 0.456 e. The van der Waals surface area contributed by atoms with Crippen molar-refractivity contribution in [2.45, 2.75) is 58.0 Å². The van der Waals surface area contributed by atoms with Gasteiger partial charge in [-0.3, -0.25) is 4.79 Å². The van der Waals surface area contributed by atoms with Gasteiger partial charge in [0.2, 0.25) is 5.91 Å². The molecule has 4 heterocycles. The highest BCUT2D eigenvalue weighted by molar-refractivity contribution is 5.94. The minimum atomic E-state index is -0.320. The predicted octanol–water partition coefficient (Wildman–Crippen LogP) is 0.721. The van der Waals surface area contributed by atoms with E-state index in [1.165, 1.54) is 0 Å². The van der Waals surface area contributed by atoms with Gasteiger partial charge in [-0.1, -0.05) is 0 Å². The van der Waals surface area contributed by atoms with Crippen LogP contribution in [0.15, 0.2) is 28.5 Å². The lowest BCUT2D eigenvalue weighted by molar-refractivity contribution is -0.138. The van der Waals surface area contributed by atoms with Crippen LogP contribution in [0.3, 0.4) is 0 Å². The van der Waals surface area contributed by atoms with E-state index >= 15 is 0 Å². The van der Waals surface area contributed by atoms with Crippen LogP contribution in [0.25, 0.3) is 0 Å². The summed E-state index contributed by atoms with van der Waals surface area (Å²) < 4.78 is 5.11. The second-order valence-corrected chi connectivity index (χ2v) is 9.27. The smallest absolute Gasteiger partial charge is 0.336 e. The van der Waals surface area contributed by atoms with E-state index < -0.39 is 0 Å². The van der Waals surface area contributed by atoms with Crippen LogP contribution in [-0.2, 0) is 20.9 Å². The van der Waals surface area contributed by atoms with Gasteiger partial charge in [-0.25, -0.2) is 15.3 Å². The Hall–Kier alpha value is -3.05. The molecule has 1 aliphatic carbocycles. The number of anilines is 1. The molecule has 5 rings (SSSR count). The average Bonchev–Trinajstić information content (AvgIpc) is 3.52. The maximum atomic E-state index is 13.3. The molecule has 0 bridgehead atoms. The van der Waals surface area contributed by atoms with Crippen molar-refractivity contribution >= 4 is 24.0 Å². The van der Waals surface area contributed by atoms with Crippen molar-refractivity contribution in [3.63, 3.8) is 0 Å². The third kappa shape index (κ3) is 3.61. The van der Waals surface area contributed by atoms with Crippen LogP contribution in [-0.4, -0.2) is 52.0 Å². The number of amides is 1. The summed E-state index contributed by atoms with van der Waals surface area (Å²) in [5.41, 5.74) is 7.23. The number of hydrazine groups is 2. The number of hydrogen-bond acceptors (Lipinski definition) is 10. The van der Waals surface area contributed by atoms with Crippen LogP contribution in [0.2, 0.25) is 0 Å². The molecule has 11 nitrogen and oxygen atoms in total. The van der Waals surface area contributed by atoms with Gasteiger partial charge in [0.15, 0.2) is 5.82 Å². The molecule has 0 aromatic carbocycles. The number of ether oxygens (including phenoxy) is 1. The Balaban J connectivity index is 1.17. The Kier molecular flexibility index (Phi) is 5.09. The van der Waals surface area contributed by atoms with Crippen LogP contribution in [0.1, 0.15) is 51.6 Å². The molecule has 1 aromatic heterocycles. The maximum absolute atomic E-state index is 13.3.